The Morgan fingerprint density at radius 1 is 1.47 bits per heavy atom. The summed E-state index contributed by atoms with van der Waals surface area (Å²) in [5.74, 6) is 0. The van der Waals surface area contributed by atoms with Gasteiger partial charge >= 0.3 is 0 Å². The second kappa shape index (κ2) is 3.95. The summed E-state index contributed by atoms with van der Waals surface area (Å²) in [6.45, 7) is 3.35. The summed E-state index contributed by atoms with van der Waals surface area (Å²) in [5.41, 5.74) is 2.43. The number of hydrogen-bond donors (Lipinski definition) is 1. The fraction of sp³-hybridized carbons (Fsp3) is 0.538. The third kappa shape index (κ3) is 1.90. The zero-order chi connectivity index (χ0) is 11.9. The molecule has 0 saturated heterocycles. The molecule has 2 aromatic heterocycles. The van der Waals surface area contributed by atoms with Gasteiger partial charge in [0.15, 0.2) is 10.4 Å². The highest BCUT2D eigenvalue weighted by molar-refractivity contribution is 7.71. The fourth-order valence-corrected chi connectivity index (χ4v) is 3.16. The molecule has 0 aromatic carbocycles. The van der Waals surface area contributed by atoms with Crippen LogP contribution in [0, 0.1) is 10.2 Å². The minimum atomic E-state index is 0.394. The van der Waals surface area contributed by atoms with Crippen molar-refractivity contribution in [3.8, 4) is 0 Å². The van der Waals surface area contributed by atoms with Crippen LogP contribution in [0.5, 0.6) is 0 Å². The van der Waals surface area contributed by atoms with Crippen molar-refractivity contribution < 1.29 is 0 Å². The van der Waals surface area contributed by atoms with Gasteiger partial charge in [0.05, 0.1) is 5.52 Å². The summed E-state index contributed by atoms with van der Waals surface area (Å²) >= 11 is 5.40. The van der Waals surface area contributed by atoms with Crippen molar-refractivity contribution in [2.24, 2.45) is 5.41 Å². The van der Waals surface area contributed by atoms with Gasteiger partial charge in [-0.05, 0) is 42.6 Å². The van der Waals surface area contributed by atoms with Crippen LogP contribution in [0.25, 0.3) is 11.2 Å². The summed E-state index contributed by atoms with van der Waals surface area (Å²) in [6, 6.07) is 3.97. The Kier molecular flexibility index (Phi) is 2.54. The SMILES string of the molecule is CC1(Cn2c(=S)[nH]c3cccnc32)CCCC1. The van der Waals surface area contributed by atoms with E-state index in [-0.39, 0.29) is 0 Å². The Morgan fingerprint density at radius 2 is 2.24 bits per heavy atom. The van der Waals surface area contributed by atoms with E-state index in [0.29, 0.717) is 5.41 Å². The van der Waals surface area contributed by atoms with Crippen LogP contribution in [-0.2, 0) is 6.54 Å². The molecule has 0 bridgehead atoms. The lowest BCUT2D eigenvalue weighted by atomic mass is 9.89. The molecule has 2 aromatic rings. The lowest BCUT2D eigenvalue weighted by molar-refractivity contribution is 0.283. The van der Waals surface area contributed by atoms with Crippen molar-refractivity contribution >= 4 is 23.4 Å². The Labute approximate surface area is 106 Å². The molecule has 4 heteroatoms. The maximum atomic E-state index is 5.40. The molecular formula is C13H17N3S. The highest BCUT2D eigenvalue weighted by Gasteiger charge is 2.29. The van der Waals surface area contributed by atoms with Gasteiger partial charge in [-0.15, -0.1) is 0 Å². The maximum Gasteiger partial charge on any atom is 0.179 e. The highest BCUT2D eigenvalue weighted by atomic mass is 32.1. The number of pyridine rings is 1. The Morgan fingerprint density at radius 3 is 3.00 bits per heavy atom. The molecule has 0 spiro atoms. The minimum Gasteiger partial charge on any atom is -0.329 e. The fourth-order valence-electron chi connectivity index (χ4n) is 2.90. The third-order valence-corrected chi connectivity index (χ3v) is 4.20. The molecule has 1 aliphatic rings. The van der Waals surface area contributed by atoms with Crippen LogP contribution in [0.2, 0.25) is 0 Å². The first kappa shape index (κ1) is 11.0. The van der Waals surface area contributed by atoms with E-state index >= 15 is 0 Å². The van der Waals surface area contributed by atoms with Gasteiger partial charge in [-0.1, -0.05) is 19.8 Å². The topological polar surface area (TPSA) is 33.6 Å². The first-order chi connectivity index (χ1) is 8.18. The molecule has 0 atom stereocenters. The predicted molar refractivity (Wildman–Crippen MR) is 71.5 cm³/mol. The molecule has 0 amide bonds. The number of aromatic nitrogens is 3. The number of imidazole rings is 1. The van der Waals surface area contributed by atoms with Crippen LogP contribution >= 0.6 is 12.2 Å². The summed E-state index contributed by atoms with van der Waals surface area (Å²) in [5, 5.41) is 0. The van der Waals surface area contributed by atoms with Gasteiger partial charge in [-0.3, -0.25) is 0 Å². The summed E-state index contributed by atoms with van der Waals surface area (Å²) in [6.07, 6.45) is 7.13. The number of nitrogens with one attached hydrogen (secondary N) is 1. The molecule has 3 nitrogen and oxygen atoms in total. The van der Waals surface area contributed by atoms with Gasteiger partial charge in [0, 0.05) is 12.7 Å². The van der Waals surface area contributed by atoms with Crippen LogP contribution in [0.4, 0.5) is 0 Å². The summed E-state index contributed by atoms with van der Waals surface area (Å²) in [7, 11) is 0. The van der Waals surface area contributed by atoms with Crippen LogP contribution < -0.4 is 0 Å². The molecule has 90 valence electrons. The average molecular weight is 247 g/mol. The molecule has 0 unspecified atom stereocenters. The molecule has 1 aliphatic carbocycles. The average Bonchev–Trinajstić information content (AvgIpc) is 2.86. The molecule has 0 radical (unpaired) electrons. The second-order valence-electron chi connectivity index (χ2n) is 5.41. The van der Waals surface area contributed by atoms with Gasteiger partial charge in [-0.2, -0.15) is 0 Å². The zero-order valence-corrected chi connectivity index (χ0v) is 10.9. The second-order valence-corrected chi connectivity index (χ2v) is 5.80. The Hall–Kier alpha value is -1.16. The zero-order valence-electron chi connectivity index (χ0n) is 10.1. The quantitative estimate of drug-likeness (QED) is 0.821. The molecule has 2 heterocycles. The van der Waals surface area contributed by atoms with Gasteiger partial charge in [0.1, 0.15) is 0 Å². The minimum absolute atomic E-state index is 0.394. The molecule has 1 N–H and O–H groups in total. The Bertz CT molecular complexity index is 590. The number of rotatable bonds is 2. The van der Waals surface area contributed by atoms with E-state index in [4.69, 9.17) is 12.2 Å². The van der Waals surface area contributed by atoms with E-state index in [1.54, 1.807) is 0 Å². The molecule has 17 heavy (non-hydrogen) atoms. The lowest BCUT2D eigenvalue weighted by Crippen LogP contribution is -2.19. The molecule has 0 aliphatic heterocycles. The normalized spacial score (nSPS) is 18.9. The molecule has 1 saturated carbocycles. The van der Waals surface area contributed by atoms with Crippen molar-refractivity contribution in [1.82, 2.24) is 14.5 Å². The third-order valence-electron chi connectivity index (χ3n) is 3.88. The van der Waals surface area contributed by atoms with Crippen molar-refractivity contribution in [3.05, 3.63) is 23.1 Å². The first-order valence-corrected chi connectivity index (χ1v) is 6.62. The maximum absolute atomic E-state index is 5.40. The van der Waals surface area contributed by atoms with Gasteiger partial charge < -0.3 is 9.55 Å². The van der Waals surface area contributed by atoms with Gasteiger partial charge in [0.25, 0.3) is 0 Å². The van der Waals surface area contributed by atoms with Crippen molar-refractivity contribution in [3.63, 3.8) is 0 Å². The van der Waals surface area contributed by atoms with E-state index in [9.17, 15) is 0 Å². The van der Waals surface area contributed by atoms with Crippen molar-refractivity contribution in [2.75, 3.05) is 0 Å². The highest BCUT2D eigenvalue weighted by Crippen LogP contribution is 2.39. The van der Waals surface area contributed by atoms with Crippen LogP contribution in [0.1, 0.15) is 32.6 Å². The number of fused-ring (bicyclic) bond motifs is 1. The first-order valence-electron chi connectivity index (χ1n) is 6.22. The number of nitrogens with zero attached hydrogens (tertiary/aromatic N) is 2. The largest absolute Gasteiger partial charge is 0.329 e. The summed E-state index contributed by atoms with van der Waals surface area (Å²) in [4.78, 5) is 7.67. The Balaban J connectivity index is 2.05. The van der Waals surface area contributed by atoms with Crippen LogP contribution in [0.15, 0.2) is 18.3 Å². The monoisotopic (exact) mass is 247 g/mol. The lowest BCUT2D eigenvalue weighted by Gasteiger charge is -2.23. The van der Waals surface area contributed by atoms with E-state index in [2.05, 4.69) is 21.5 Å². The van der Waals surface area contributed by atoms with E-state index in [1.807, 2.05) is 18.3 Å². The number of aromatic amines is 1. The smallest absolute Gasteiger partial charge is 0.179 e. The number of hydrogen-bond acceptors (Lipinski definition) is 2. The van der Waals surface area contributed by atoms with Gasteiger partial charge in [-0.25, -0.2) is 4.98 Å². The molecule has 3 rings (SSSR count). The molecular weight excluding hydrogens is 230 g/mol. The van der Waals surface area contributed by atoms with E-state index in [1.165, 1.54) is 25.7 Å². The number of H-pyrrole nitrogens is 1. The van der Waals surface area contributed by atoms with Crippen LogP contribution in [0.3, 0.4) is 0 Å². The van der Waals surface area contributed by atoms with E-state index < -0.39 is 0 Å². The standard InChI is InChI=1S/C13H17N3S/c1-13(6-2-3-7-13)9-16-11-10(15-12(16)17)5-4-8-14-11/h4-5,8H,2-3,6-7,9H2,1H3,(H,15,17). The van der Waals surface area contributed by atoms with E-state index in [0.717, 1.165) is 22.5 Å². The molecule has 1 fully saturated rings. The van der Waals surface area contributed by atoms with Crippen molar-refractivity contribution in [2.45, 2.75) is 39.2 Å². The van der Waals surface area contributed by atoms with Gasteiger partial charge in [0.2, 0.25) is 0 Å². The predicted octanol–water partition coefficient (Wildman–Crippen LogP) is 3.67. The van der Waals surface area contributed by atoms with Crippen LogP contribution in [-0.4, -0.2) is 14.5 Å². The summed E-state index contributed by atoms with van der Waals surface area (Å²) < 4.78 is 2.96. The van der Waals surface area contributed by atoms with Crippen molar-refractivity contribution in [1.29, 1.82) is 0 Å².